The van der Waals surface area contributed by atoms with E-state index in [0.29, 0.717) is 24.3 Å². The van der Waals surface area contributed by atoms with Gasteiger partial charge in [0, 0.05) is 50.2 Å². The number of hydrogen-bond acceptors (Lipinski definition) is 5. The number of benzene rings is 2. The molecule has 0 N–H and O–H groups in total. The van der Waals surface area contributed by atoms with E-state index >= 15 is 0 Å². The third-order valence-electron chi connectivity index (χ3n) is 5.78. The summed E-state index contributed by atoms with van der Waals surface area (Å²) in [7, 11) is -2.13. The van der Waals surface area contributed by atoms with E-state index in [-0.39, 0.29) is 10.8 Å². The van der Waals surface area contributed by atoms with E-state index in [0.717, 1.165) is 25.2 Å². The molecule has 0 radical (unpaired) electrons. The molecule has 2 aromatic carbocycles. The first-order chi connectivity index (χ1) is 15.3. The van der Waals surface area contributed by atoms with Crippen LogP contribution in [0.25, 0.3) is 0 Å². The van der Waals surface area contributed by atoms with Crippen LogP contribution in [0.4, 0.5) is 5.69 Å². The lowest BCUT2D eigenvalue weighted by atomic mass is 10.1. The maximum Gasteiger partial charge on any atom is 0.264 e. The summed E-state index contributed by atoms with van der Waals surface area (Å²) in [5.41, 5.74) is 2.09. The zero-order valence-corrected chi connectivity index (χ0v) is 19.9. The van der Waals surface area contributed by atoms with Crippen LogP contribution >= 0.6 is 11.3 Å². The number of aryl methyl sites for hydroxylation is 1. The molecule has 1 amide bonds. The number of carbonyl (C=O) groups excluding carboxylic acids is 1. The third kappa shape index (κ3) is 4.87. The number of rotatable bonds is 6. The van der Waals surface area contributed by atoms with Crippen molar-refractivity contribution in [3.05, 3.63) is 82.0 Å². The van der Waals surface area contributed by atoms with Crippen LogP contribution < -0.4 is 4.31 Å². The molecule has 1 aromatic heterocycles. The Bertz CT molecular complexity index is 1150. The summed E-state index contributed by atoms with van der Waals surface area (Å²) in [4.78, 5) is 18.7. The van der Waals surface area contributed by atoms with Crippen molar-refractivity contribution in [2.24, 2.45) is 0 Å². The van der Waals surface area contributed by atoms with Crippen molar-refractivity contribution < 1.29 is 13.2 Å². The molecule has 0 aliphatic carbocycles. The van der Waals surface area contributed by atoms with Crippen LogP contribution in [0.1, 0.15) is 20.8 Å². The molecule has 8 heteroatoms. The molecule has 4 rings (SSSR count). The molecule has 2 heterocycles. The quantitative estimate of drug-likeness (QED) is 0.550. The van der Waals surface area contributed by atoms with E-state index in [4.69, 9.17) is 0 Å². The summed E-state index contributed by atoms with van der Waals surface area (Å²) in [6.45, 7) is 5.91. The summed E-state index contributed by atoms with van der Waals surface area (Å²) in [5.74, 6) is -0.0173. The predicted molar refractivity (Wildman–Crippen MR) is 129 cm³/mol. The Labute approximate surface area is 193 Å². The highest BCUT2D eigenvalue weighted by molar-refractivity contribution is 7.92. The van der Waals surface area contributed by atoms with Gasteiger partial charge in [0.1, 0.15) is 0 Å². The van der Waals surface area contributed by atoms with Crippen molar-refractivity contribution in [1.82, 2.24) is 9.80 Å². The molecule has 1 fully saturated rings. The fourth-order valence-corrected chi connectivity index (χ4v) is 5.68. The van der Waals surface area contributed by atoms with Gasteiger partial charge in [-0.15, -0.1) is 11.3 Å². The standard InChI is InChI=1S/C24H27N3O3S2/c1-19-5-11-23(12-6-19)32(29,30)25(2)21-9-7-20(8-10-21)24(28)27-15-13-26(14-16-27)18-22-4-3-17-31-22/h3-12,17H,13-16,18H2,1-2H3. The number of nitrogens with zero attached hydrogens (tertiary/aromatic N) is 3. The van der Waals surface area contributed by atoms with Crippen LogP contribution in [-0.2, 0) is 16.6 Å². The summed E-state index contributed by atoms with van der Waals surface area (Å²) in [5, 5.41) is 2.09. The smallest absolute Gasteiger partial charge is 0.264 e. The largest absolute Gasteiger partial charge is 0.336 e. The Kier molecular flexibility index (Phi) is 6.64. The number of piperazine rings is 1. The molecular weight excluding hydrogens is 442 g/mol. The molecule has 0 saturated carbocycles. The van der Waals surface area contributed by atoms with Crippen LogP contribution in [0.15, 0.2) is 70.9 Å². The first kappa shape index (κ1) is 22.5. The lowest BCUT2D eigenvalue weighted by Gasteiger charge is -2.34. The van der Waals surface area contributed by atoms with E-state index in [1.54, 1.807) is 59.9 Å². The Morgan fingerprint density at radius 3 is 2.22 bits per heavy atom. The fraction of sp³-hybridized carbons (Fsp3) is 0.292. The zero-order chi connectivity index (χ0) is 22.7. The molecule has 32 heavy (non-hydrogen) atoms. The molecule has 0 spiro atoms. The highest BCUT2D eigenvalue weighted by Crippen LogP contribution is 2.23. The number of amides is 1. The topological polar surface area (TPSA) is 60.9 Å². The van der Waals surface area contributed by atoms with Crippen LogP contribution in [-0.4, -0.2) is 57.4 Å². The van der Waals surface area contributed by atoms with E-state index in [9.17, 15) is 13.2 Å². The Morgan fingerprint density at radius 2 is 1.62 bits per heavy atom. The second kappa shape index (κ2) is 9.44. The molecule has 3 aromatic rings. The van der Waals surface area contributed by atoms with Gasteiger partial charge < -0.3 is 4.90 Å². The van der Waals surface area contributed by atoms with Gasteiger partial charge >= 0.3 is 0 Å². The van der Waals surface area contributed by atoms with Gasteiger partial charge in [-0.25, -0.2) is 8.42 Å². The summed E-state index contributed by atoms with van der Waals surface area (Å²) in [6.07, 6.45) is 0. The highest BCUT2D eigenvalue weighted by Gasteiger charge is 2.24. The van der Waals surface area contributed by atoms with Gasteiger partial charge in [0.05, 0.1) is 10.6 Å². The number of anilines is 1. The van der Waals surface area contributed by atoms with Gasteiger partial charge in [-0.1, -0.05) is 23.8 Å². The van der Waals surface area contributed by atoms with Crippen LogP contribution in [0.2, 0.25) is 0 Å². The second-order valence-corrected chi connectivity index (χ2v) is 11.0. The third-order valence-corrected chi connectivity index (χ3v) is 8.44. The minimum absolute atomic E-state index is 0.0173. The molecule has 0 atom stereocenters. The molecule has 0 bridgehead atoms. The average Bonchev–Trinajstić information content (AvgIpc) is 3.32. The van der Waals surface area contributed by atoms with Gasteiger partial charge in [0.2, 0.25) is 0 Å². The molecule has 0 unspecified atom stereocenters. The minimum atomic E-state index is -3.66. The molecule has 6 nitrogen and oxygen atoms in total. The van der Waals surface area contributed by atoms with Gasteiger partial charge in [-0.2, -0.15) is 0 Å². The van der Waals surface area contributed by atoms with Crippen molar-refractivity contribution in [2.45, 2.75) is 18.4 Å². The maximum atomic E-state index is 12.9. The Morgan fingerprint density at radius 1 is 0.969 bits per heavy atom. The number of sulfonamides is 1. The maximum absolute atomic E-state index is 12.9. The molecule has 1 aliphatic rings. The average molecular weight is 470 g/mol. The van der Waals surface area contributed by atoms with Crippen molar-refractivity contribution >= 4 is 33.0 Å². The molecule has 168 valence electrons. The molecule has 1 saturated heterocycles. The second-order valence-electron chi connectivity index (χ2n) is 7.98. The summed E-state index contributed by atoms with van der Waals surface area (Å²) < 4.78 is 27.0. The van der Waals surface area contributed by atoms with Gasteiger partial charge in [-0.3, -0.25) is 14.0 Å². The lowest BCUT2D eigenvalue weighted by Crippen LogP contribution is -2.48. The first-order valence-electron chi connectivity index (χ1n) is 10.5. The van der Waals surface area contributed by atoms with E-state index < -0.39 is 10.0 Å². The zero-order valence-electron chi connectivity index (χ0n) is 18.3. The summed E-state index contributed by atoms with van der Waals surface area (Å²) >= 11 is 1.76. The van der Waals surface area contributed by atoms with Gasteiger partial charge in [-0.05, 0) is 54.8 Å². The SMILES string of the molecule is Cc1ccc(S(=O)(=O)N(C)c2ccc(C(=O)N3CCN(Cc4cccs4)CC3)cc2)cc1. The normalized spacial score (nSPS) is 15.0. The van der Waals surface area contributed by atoms with E-state index in [2.05, 4.69) is 22.4 Å². The lowest BCUT2D eigenvalue weighted by molar-refractivity contribution is 0.0629. The van der Waals surface area contributed by atoms with Crippen LogP contribution in [0.5, 0.6) is 0 Å². The van der Waals surface area contributed by atoms with Gasteiger partial charge in [0.15, 0.2) is 0 Å². The Hall–Kier alpha value is -2.68. The van der Waals surface area contributed by atoms with Crippen molar-refractivity contribution in [3.8, 4) is 0 Å². The number of thiophene rings is 1. The first-order valence-corrected chi connectivity index (χ1v) is 12.9. The minimum Gasteiger partial charge on any atom is -0.336 e. The van der Waals surface area contributed by atoms with E-state index in [1.807, 2.05) is 11.8 Å². The number of hydrogen-bond donors (Lipinski definition) is 0. The monoisotopic (exact) mass is 469 g/mol. The van der Waals surface area contributed by atoms with Crippen molar-refractivity contribution in [3.63, 3.8) is 0 Å². The van der Waals surface area contributed by atoms with E-state index in [1.165, 1.54) is 16.2 Å². The molecular formula is C24H27N3O3S2. The summed E-state index contributed by atoms with van der Waals surface area (Å²) in [6, 6.07) is 17.8. The van der Waals surface area contributed by atoms with Crippen molar-refractivity contribution in [2.75, 3.05) is 37.5 Å². The predicted octanol–water partition coefficient (Wildman–Crippen LogP) is 3.84. The fourth-order valence-electron chi connectivity index (χ4n) is 3.74. The number of carbonyl (C=O) groups is 1. The molecule has 1 aliphatic heterocycles. The van der Waals surface area contributed by atoms with Crippen LogP contribution in [0.3, 0.4) is 0 Å². The van der Waals surface area contributed by atoms with Crippen LogP contribution in [0, 0.1) is 6.92 Å². The van der Waals surface area contributed by atoms with Crippen molar-refractivity contribution in [1.29, 1.82) is 0 Å². The van der Waals surface area contributed by atoms with Gasteiger partial charge in [0.25, 0.3) is 15.9 Å². The highest BCUT2D eigenvalue weighted by atomic mass is 32.2. The Balaban J connectivity index is 1.39.